The van der Waals surface area contributed by atoms with Gasteiger partial charge in [-0.2, -0.15) is 0 Å². The second-order valence-corrected chi connectivity index (χ2v) is 7.49. The first kappa shape index (κ1) is 19.7. The molecule has 0 aromatic heterocycles. The van der Waals surface area contributed by atoms with Gasteiger partial charge in [0.1, 0.15) is 5.75 Å². The summed E-state index contributed by atoms with van der Waals surface area (Å²) < 4.78 is 11.2. The van der Waals surface area contributed by atoms with E-state index in [1.807, 2.05) is 26.0 Å². The molecule has 5 nitrogen and oxygen atoms in total. The van der Waals surface area contributed by atoms with Gasteiger partial charge in [-0.1, -0.05) is 13.3 Å². The Kier molecular flexibility index (Phi) is 6.85. The summed E-state index contributed by atoms with van der Waals surface area (Å²) in [6.45, 7) is 7.78. The summed E-state index contributed by atoms with van der Waals surface area (Å²) >= 11 is 0. The van der Waals surface area contributed by atoms with Crippen LogP contribution in [-0.2, 0) is 4.74 Å². The maximum atomic E-state index is 12.2. The number of hydrogen-bond donors (Lipinski definition) is 2. The molecule has 2 rings (SSSR count). The molecule has 1 atom stereocenters. The smallest absolute Gasteiger partial charge is 0.251 e. The Balaban J connectivity index is 1.78. The van der Waals surface area contributed by atoms with Crippen molar-refractivity contribution >= 4 is 5.91 Å². The molecule has 0 radical (unpaired) electrons. The predicted molar refractivity (Wildman–Crippen MR) is 98.0 cm³/mol. The van der Waals surface area contributed by atoms with Crippen molar-refractivity contribution in [2.45, 2.75) is 64.1 Å². The summed E-state index contributed by atoms with van der Waals surface area (Å²) in [7, 11) is 0. The number of ether oxygens (including phenoxy) is 2. The van der Waals surface area contributed by atoms with E-state index in [0.29, 0.717) is 44.6 Å². The zero-order valence-corrected chi connectivity index (χ0v) is 15.6. The summed E-state index contributed by atoms with van der Waals surface area (Å²) in [6, 6.07) is 7.17. The Hall–Kier alpha value is -1.59. The molecule has 1 aliphatic heterocycles. The highest BCUT2D eigenvalue weighted by Gasteiger charge is 2.38. The Morgan fingerprint density at radius 2 is 2.04 bits per heavy atom. The normalized spacial score (nSPS) is 22.4. The third-order valence-corrected chi connectivity index (χ3v) is 4.57. The fraction of sp³-hybridized carbons (Fsp3) is 0.650. The highest BCUT2D eigenvalue weighted by molar-refractivity contribution is 5.94. The summed E-state index contributed by atoms with van der Waals surface area (Å²) in [5.41, 5.74) is -0.487. The lowest BCUT2D eigenvalue weighted by Crippen LogP contribution is -2.47. The van der Waals surface area contributed by atoms with Gasteiger partial charge in [-0.05, 0) is 57.4 Å². The monoisotopic (exact) mass is 349 g/mol. The summed E-state index contributed by atoms with van der Waals surface area (Å²) in [6.07, 6.45) is 3.84. The molecule has 1 amide bonds. The minimum Gasteiger partial charge on any atom is -0.494 e. The van der Waals surface area contributed by atoms with Crippen molar-refractivity contribution in [3.8, 4) is 5.75 Å². The van der Waals surface area contributed by atoms with E-state index in [1.165, 1.54) is 0 Å². The number of rotatable bonds is 8. The second kappa shape index (κ2) is 8.68. The molecule has 5 heteroatoms. The lowest BCUT2D eigenvalue weighted by molar-refractivity contribution is -0.145. The number of aliphatic hydroxyl groups is 1. The van der Waals surface area contributed by atoms with Crippen molar-refractivity contribution in [3.05, 3.63) is 29.8 Å². The van der Waals surface area contributed by atoms with Crippen LogP contribution >= 0.6 is 0 Å². The first-order valence-corrected chi connectivity index (χ1v) is 9.21. The van der Waals surface area contributed by atoms with E-state index in [1.54, 1.807) is 12.1 Å². The van der Waals surface area contributed by atoms with Gasteiger partial charge in [-0.25, -0.2) is 0 Å². The van der Waals surface area contributed by atoms with Crippen LogP contribution < -0.4 is 10.1 Å². The maximum absolute atomic E-state index is 12.2. The molecule has 0 spiro atoms. The molecule has 0 bridgehead atoms. The Bertz CT molecular complexity index is 555. The molecule has 1 fully saturated rings. The number of amides is 1. The van der Waals surface area contributed by atoms with Crippen molar-refractivity contribution in [3.63, 3.8) is 0 Å². The third-order valence-electron chi connectivity index (χ3n) is 4.57. The van der Waals surface area contributed by atoms with E-state index in [0.717, 1.165) is 18.6 Å². The van der Waals surface area contributed by atoms with Gasteiger partial charge in [0.15, 0.2) is 0 Å². The van der Waals surface area contributed by atoms with E-state index < -0.39 is 5.60 Å². The molecule has 1 aromatic rings. The van der Waals surface area contributed by atoms with Gasteiger partial charge in [0, 0.05) is 18.5 Å². The summed E-state index contributed by atoms with van der Waals surface area (Å²) in [4.78, 5) is 12.2. The maximum Gasteiger partial charge on any atom is 0.251 e. The van der Waals surface area contributed by atoms with E-state index >= 15 is 0 Å². The minimum absolute atomic E-state index is 0.130. The van der Waals surface area contributed by atoms with Crippen LogP contribution in [0.15, 0.2) is 24.3 Å². The van der Waals surface area contributed by atoms with Crippen LogP contribution in [0.4, 0.5) is 0 Å². The first-order valence-electron chi connectivity index (χ1n) is 9.21. The quantitative estimate of drug-likeness (QED) is 0.707. The van der Waals surface area contributed by atoms with Gasteiger partial charge in [0.05, 0.1) is 24.4 Å². The number of nitrogens with one attached hydrogen (secondary N) is 1. The SMILES string of the molecule is CCCCOc1ccc(C(=O)NCC[C@@]2(O)CCOC(C)(C)C2)cc1. The summed E-state index contributed by atoms with van der Waals surface area (Å²) in [5.74, 6) is 0.652. The highest BCUT2D eigenvalue weighted by Crippen LogP contribution is 2.33. The fourth-order valence-corrected chi connectivity index (χ4v) is 3.21. The Morgan fingerprint density at radius 1 is 1.32 bits per heavy atom. The number of unbranched alkanes of at least 4 members (excludes halogenated alkanes) is 1. The molecule has 1 aromatic carbocycles. The zero-order valence-electron chi connectivity index (χ0n) is 15.6. The molecule has 0 unspecified atom stereocenters. The molecule has 2 N–H and O–H groups in total. The van der Waals surface area contributed by atoms with E-state index in [4.69, 9.17) is 9.47 Å². The average molecular weight is 349 g/mol. The molecule has 140 valence electrons. The predicted octanol–water partition coefficient (Wildman–Crippen LogP) is 3.31. The standard InChI is InChI=1S/C20H31NO4/c1-4-5-13-24-17-8-6-16(7-9-17)18(22)21-12-10-20(23)11-14-25-19(2,3)15-20/h6-9,23H,4-5,10-15H2,1-3H3,(H,21,22)/t20-/m1/s1. The zero-order chi connectivity index (χ0) is 18.3. The van der Waals surface area contributed by atoms with E-state index in [-0.39, 0.29) is 11.5 Å². The van der Waals surface area contributed by atoms with Crippen LogP contribution in [0.2, 0.25) is 0 Å². The first-order chi connectivity index (χ1) is 11.8. The Morgan fingerprint density at radius 3 is 2.68 bits per heavy atom. The van der Waals surface area contributed by atoms with Gasteiger partial charge in [0.2, 0.25) is 0 Å². The van der Waals surface area contributed by atoms with Crippen molar-refractivity contribution in [1.82, 2.24) is 5.32 Å². The van der Waals surface area contributed by atoms with Crippen LogP contribution in [0.25, 0.3) is 0 Å². The topological polar surface area (TPSA) is 67.8 Å². The Labute approximate surface area is 150 Å². The molecule has 0 saturated carbocycles. The minimum atomic E-state index is -0.772. The largest absolute Gasteiger partial charge is 0.494 e. The molecule has 1 saturated heterocycles. The number of hydrogen-bond acceptors (Lipinski definition) is 4. The third kappa shape index (κ3) is 6.33. The lowest BCUT2D eigenvalue weighted by atomic mass is 9.82. The lowest BCUT2D eigenvalue weighted by Gasteiger charge is -2.41. The molecular formula is C20H31NO4. The van der Waals surface area contributed by atoms with Gasteiger partial charge in [0.25, 0.3) is 5.91 Å². The van der Waals surface area contributed by atoms with Crippen molar-refractivity contribution in [2.24, 2.45) is 0 Å². The number of carbonyl (C=O) groups is 1. The average Bonchev–Trinajstić information content (AvgIpc) is 2.54. The van der Waals surface area contributed by atoms with Crippen molar-refractivity contribution in [2.75, 3.05) is 19.8 Å². The molecule has 25 heavy (non-hydrogen) atoms. The molecule has 1 aliphatic rings. The van der Waals surface area contributed by atoms with Crippen LogP contribution in [0.5, 0.6) is 5.75 Å². The van der Waals surface area contributed by atoms with Crippen LogP contribution in [0, 0.1) is 0 Å². The van der Waals surface area contributed by atoms with Crippen molar-refractivity contribution in [1.29, 1.82) is 0 Å². The van der Waals surface area contributed by atoms with Crippen LogP contribution in [0.3, 0.4) is 0 Å². The second-order valence-electron chi connectivity index (χ2n) is 7.49. The number of carbonyl (C=O) groups excluding carboxylic acids is 1. The van der Waals surface area contributed by atoms with Gasteiger partial charge in [-0.3, -0.25) is 4.79 Å². The van der Waals surface area contributed by atoms with Crippen LogP contribution in [-0.4, -0.2) is 42.0 Å². The molecular weight excluding hydrogens is 318 g/mol. The van der Waals surface area contributed by atoms with Gasteiger partial charge >= 0.3 is 0 Å². The molecule has 1 heterocycles. The van der Waals surface area contributed by atoms with Gasteiger partial charge in [-0.15, -0.1) is 0 Å². The highest BCUT2D eigenvalue weighted by atomic mass is 16.5. The van der Waals surface area contributed by atoms with Crippen molar-refractivity contribution < 1.29 is 19.4 Å². The van der Waals surface area contributed by atoms with E-state index in [2.05, 4.69) is 12.2 Å². The van der Waals surface area contributed by atoms with E-state index in [9.17, 15) is 9.90 Å². The summed E-state index contributed by atoms with van der Waals surface area (Å²) in [5, 5.41) is 13.6. The number of benzene rings is 1. The molecule has 0 aliphatic carbocycles. The fourth-order valence-electron chi connectivity index (χ4n) is 3.21. The van der Waals surface area contributed by atoms with Crippen LogP contribution in [0.1, 0.15) is 63.2 Å². The van der Waals surface area contributed by atoms with Gasteiger partial charge < -0.3 is 19.9 Å².